The van der Waals surface area contributed by atoms with Gasteiger partial charge in [-0.2, -0.15) is 0 Å². The molecule has 0 spiro atoms. The van der Waals surface area contributed by atoms with Gasteiger partial charge in [-0.05, 0) is 13.0 Å². The maximum Gasteiger partial charge on any atom is 0.138 e. The maximum absolute atomic E-state index is 6.14. The average Bonchev–Trinajstić information content (AvgIpc) is 2.52. The Labute approximate surface area is 80.9 Å². The van der Waals surface area contributed by atoms with Crippen molar-refractivity contribution in [3.8, 4) is 0 Å². The lowest BCUT2D eigenvalue weighted by Crippen LogP contribution is -2.06. The molecule has 0 bridgehead atoms. The maximum atomic E-state index is 6.14. The Kier molecular flexibility index (Phi) is 1.98. The molecule has 0 aromatic carbocycles. The Morgan fingerprint density at radius 2 is 2.38 bits per heavy atom. The molecule has 0 fully saturated rings. The van der Waals surface area contributed by atoms with Crippen LogP contribution in [0.25, 0.3) is 11.0 Å². The van der Waals surface area contributed by atoms with E-state index in [9.17, 15) is 0 Å². The van der Waals surface area contributed by atoms with E-state index in [1.807, 2.05) is 19.2 Å². The van der Waals surface area contributed by atoms with Crippen LogP contribution in [-0.2, 0) is 0 Å². The van der Waals surface area contributed by atoms with Gasteiger partial charge in [0.2, 0.25) is 0 Å². The third kappa shape index (κ3) is 1.30. The van der Waals surface area contributed by atoms with Crippen LogP contribution in [-0.4, -0.2) is 9.97 Å². The van der Waals surface area contributed by atoms with Crippen molar-refractivity contribution in [3.63, 3.8) is 0 Å². The number of hydrogen-bond donors (Lipinski definition) is 2. The normalized spacial score (nSPS) is 13.5. The van der Waals surface area contributed by atoms with E-state index in [1.54, 1.807) is 6.20 Å². The molecule has 2 aromatic rings. The van der Waals surface area contributed by atoms with Crippen LogP contribution < -0.4 is 5.73 Å². The minimum atomic E-state index is -0.0840. The molecule has 0 saturated carbocycles. The fourth-order valence-electron chi connectivity index (χ4n) is 1.31. The molecule has 68 valence electrons. The van der Waals surface area contributed by atoms with E-state index in [1.165, 1.54) is 0 Å². The summed E-state index contributed by atoms with van der Waals surface area (Å²) in [5.74, 6) is 0. The topological polar surface area (TPSA) is 54.7 Å². The van der Waals surface area contributed by atoms with Gasteiger partial charge < -0.3 is 10.7 Å². The summed E-state index contributed by atoms with van der Waals surface area (Å²) >= 11 is 6.14. The van der Waals surface area contributed by atoms with Gasteiger partial charge in [0.1, 0.15) is 5.65 Å². The summed E-state index contributed by atoms with van der Waals surface area (Å²) in [5, 5.41) is 1.62. The highest BCUT2D eigenvalue weighted by molar-refractivity contribution is 6.36. The smallest absolute Gasteiger partial charge is 0.138 e. The second kappa shape index (κ2) is 3.01. The lowest BCUT2D eigenvalue weighted by molar-refractivity contribution is 0.815. The zero-order valence-electron chi connectivity index (χ0n) is 7.21. The predicted octanol–water partition coefficient (Wildman–Crippen LogP) is 2.24. The molecule has 0 amide bonds. The molecular formula is C9H10ClN3. The van der Waals surface area contributed by atoms with Crippen LogP contribution in [0.4, 0.5) is 0 Å². The minimum absolute atomic E-state index is 0.0840. The van der Waals surface area contributed by atoms with Crippen molar-refractivity contribution in [3.05, 3.63) is 29.0 Å². The standard InChI is InChI=1S/C9H10ClN3/c1-5(11)7-4-13-9-6(8(7)10)2-3-12-9/h2-5H,11H2,1H3,(H,12,13). The number of aromatic amines is 1. The Bertz CT molecular complexity index is 433. The van der Waals surface area contributed by atoms with Gasteiger partial charge >= 0.3 is 0 Å². The van der Waals surface area contributed by atoms with Crippen LogP contribution in [0.15, 0.2) is 18.5 Å². The van der Waals surface area contributed by atoms with Crippen molar-refractivity contribution in [1.82, 2.24) is 9.97 Å². The summed E-state index contributed by atoms with van der Waals surface area (Å²) in [5.41, 5.74) is 7.42. The number of halogens is 1. The van der Waals surface area contributed by atoms with E-state index in [0.29, 0.717) is 5.02 Å². The molecule has 4 heteroatoms. The summed E-state index contributed by atoms with van der Waals surface area (Å²) in [6.45, 7) is 1.89. The summed E-state index contributed by atoms with van der Waals surface area (Å²) < 4.78 is 0. The third-order valence-corrected chi connectivity index (χ3v) is 2.46. The molecule has 1 atom stereocenters. The Balaban J connectivity index is 2.73. The SMILES string of the molecule is CC(N)c1cnc2[nH]ccc2c1Cl. The number of H-pyrrole nitrogens is 1. The summed E-state index contributed by atoms with van der Waals surface area (Å²) in [7, 11) is 0. The highest BCUT2D eigenvalue weighted by Crippen LogP contribution is 2.27. The largest absolute Gasteiger partial charge is 0.346 e. The average molecular weight is 196 g/mol. The number of pyridine rings is 1. The van der Waals surface area contributed by atoms with Crippen molar-refractivity contribution in [2.75, 3.05) is 0 Å². The monoisotopic (exact) mass is 195 g/mol. The molecule has 13 heavy (non-hydrogen) atoms. The molecule has 0 radical (unpaired) electrons. The number of nitrogens with two attached hydrogens (primary N) is 1. The van der Waals surface area contributed by atoms with Gasteiger partial charge in [0, 0.05) is 29.4 Å². The van der Waals surface area contributed by atoms with E-state index >= 15 is 0 Å². The van der Waals surface area contributed by atoms with E-state index in [4.69, 9.17) is 17.3 Å². The molecule has 3 nitrogen and oxygen atoms in total. The van der Waals surface area contributed by atoms with E-state index in [0.717, 1.165) is 16.6 Å². The molecule has 2 rings (SSSR count). The van der Waals surface area contributed by atoms with Crippen LogP contribution in [0.1, 0.15) is 18.5 Å². The van der Waals surface area contributed by atoms with E-state index in [-0.39, 0.29) is 6.04 Å². The van der Waals surface area contributed by atoms with Crippen LogP contribution in [0.3, 0.4) is 0 Å². The Morgan fingerprint density at radius 3 is 3.08 bits per heavy atom. The van der Waals surface area contributed by atoms with Gasteiger partial charge in [-0.15, -0.1) is 0 Å². The quantitative estimate of drug-likeness (QED) is 0.733. The van der Waals surface area contributed by atoms with Crippen LogP contribution in [0, 0.1) is 0 Å². The number of hydrogen-bond acceptors (Lipinski definition) is 2. The molecule has 3 N–H and O–H groups in total. The second-order valence-electron chi connectivity index (χ2n) is 3.06. The highest BCUT2D eigenvalue weighted by atomic mass is 35.5. The van der Waals surface area contributed by atoms with Crippen LogP contribution >= 0.6 is 11.6 Å². The molecule has 0 aliphatic carbocycles. The molecular weight excluding hydrogens is 186 g/mol. The van der Waals surface area contributed by atoms with Crippen molar-refractivity contribution < 1.29 is 0 Å². The number of rotatable bonds is 1. The van der Waals surface area contributed by atoms with Crippen molar-refractivity contribution in [2.45, 2.75) is 13.0 Å². The van der Waals surface area contributed by atoms with Crippen molar-refractivity contribution in [1.29, 1.82) is 0 Å². The first-order valence-electron chi connectivity index (χ1n) is 4.07. The summed E-state index contributed by atoms with van der Waals surface area (Å²) in [4.78, 5) is 7.19. The molecule has 2 aromatic heterocycles. The minimum Gasteiger partial charge on any atom is -0.346 e. The number of aromatic nitrogens is 2. The molecule has 0 aliphatic rings. The fourth-order valence-corrected chi connectivity index (χ4v) is 1.68. The molecule has 0 aliphatic heterocycles. The molecule has 1 unspecified atom stereocenters. The van der Waals surface area contributed by atoms with Crippen LogP contribution in [0.5, 0.6) is 0 Å². The summed E-state index contributed by atoms with van der Waals surface area (Å²) in [6, 6.07) is 1.82. The van der Waals surface area contributed by atoms with Crippen molar-refractivity contribution >= 4 is 22.6 Å². The molecule has 0 saturated heterocycles. The van der Waals surface area contributed by atoms with Gasteiger partial charge in [0.25, 0.3) is 0 Å². The number of nitrogens with one attached hydrogen (secondary N) is 1. The van der Waals surface area contributed by atoms with Crippen LogP contribution in [0.2, 0.25) is 5.02 Å². The predicted molar refractivity (Wildman–Crippen MR) is 53.7 cm³/mol. The number of fused-ring (bicyclic) bond motifs is 1. The first-order valence-corrected chi connectivity index (χ1v) is 4.45. The van der Waals surface area contributed by atoms with Gasteiger partial charge in [0.05, 0.1) is 5.02 Å². The third-order valence-electron chi connectivity index (χ3n) is 2.04. The Hall–Kier alpha value is -1.06. The summed E-state index contributed by atoms with van der Waals surface area (Å²) in [6.07, 6.45) is 3.53. The van der Waals surface area contributed by atoms with Gasteiger partial charge in [-0.25, -0.2) is 4.98 Å². The first-order chi connectivity index (χ1) is 6.20. The zero-order chi connectivity index (χ0) is 9.42. The zero-order valence-corrected chi connectivity index (χ0v) is 7.97. The van der Waals surface area contributed by atoms with Crippen molar-refractivity contribution in [2.24, 2.45) is 5.73 Å². The van der Waals surface area contributed by atoms with E-state index in [2.05, 4.69) is 9.97 Å². The van der Waals surface area contributed by atoms with Gasteiger partial charge in [-0.3, -0.25) is 0 Å². The fraction of sp³-hybridized carbons (Fsp3) is 0.222. The van der Waals surface area contributed by atoms with Gasteiger partial charge in [0.15, 0.2) is 0 Å². The Morgan fingerprint density at radius 1 is 1.62 bits per heavy atom. The second-order valence-corrected chi connectivity index (χ2v) is 3.43. The van der Waals surface area contributed by atoms with E-state index < -0.39 is 0 Å². The highest BCUT2D eigenvalue weighted by Gasteiger charge is 2.09. The molecule has 2 heterocycles. The lowest BCUT2D eigenvalue weighted by atomic mass is 10.1. The number of nitrogens with zero attached hydrogens (tertiary/aromatic N) is 1. The first kappa shape index (κ1) is 8.53. The van der Waals surface area contributed by atoms with Gasteiger partial charge in [-0.1, -0.05) is 11.6 Å². The lowest BCUT2D eigenvalue weighted by Gasteiger charge is -2.07.